The van der Waals surface area contributed by atoms with Crippen LogP contribution in [0, 0.1) is 0 Å². The molecule has 0 amide bonds. The zero-order valence-corrected chi connectivity index (χ0v) is 8.59. The lowest BCUT2D eigenvalue weighted by Crippen LogP contribution is -1.92. The number of nitrogens with two attached hydrogens (primary N) is 1. The molecule has 0 fully saturated rings. The van der Waals surface area contributed by atoms with Crippen LogP contribution in [0.2, 0.25) is 0 Å². The third kappa shape index (κ3) is 1.79. The zero-order chi connectivity index (χ0) is 10.9. The number of benzene rings is 1. The van der Waals surface area contributed by atoms with E-state index in [9.17, 15) is 5.11 Å². The fourth-order valence-electron chi connectivity index (χ4n) is 1.23. The molecule has 1 aromatic rings. The first-order valence-corrected chi connectivity index (χ1v) is 4.37. The van der Waals surface area contributed by atoms with Gasteiger partial charge in [-0.15, -0.1) is 0 Å². The second kappa shape index (κ2) is 3.58. The standard InChI is InChI=1S/C12H15NO/c1-7(2)9-5-10(8(3)4)12(14)11(13)6-9/h5-6,14H,1,3,13H2,2,4H3. The third-order valence-corrected chi connectivity index (χ3v) is 2.09. The Labute approximate surface area is 84.4 Å². The molecule has 0 aliphatic heterocycles. The Bertz CT molecular complexity index is 405. The molecule has 2 nitrogen and oxygen atoms in total. The molecular weight excluding hydrogens is 174 g/mol. The Morgan fingerprint density at radius 1 is 1.21 bits per heavy atom. The Hall–Kier alpha value is -1.70. The van der Waals surface area contributed by atoms with Crippen molar-refractivity contribution in [1.82, 2.24) is 0 Å². The number of rotatable bonds is 2. The fourth-order valence-corrected chi connectivity index (χ4v) is 1.23. The molecule has 0 saturated carbocycles. The SMILES string of the molecule is C=C(C)c1cc(N)c(O)c(C(=C)C)c1. The molecular formula is C12H15NO. The smallest absolute Gasteiger partial charge is 0.145 e. The number of anilines is 1. The molecule has 1 rings (SSSR count). The number of allylic oxidation sites excluding steroid dienone is 2. The van der Waals surface area contributed by atoms with Gasteiger partial charge in [0.15, 0.2) is 0 Å². The Balaban J connectivity index is 3.43. The number of phenolic OH excluding ortho intramolecular Hbond substituents is 1. The molecule has 14 heavy (non-hydrogen) atoms. The topological polar surface area (TPSA) is 46.2 Å². The summed E-state index contributed by atoms with van der Waals surface area (Å²) >= 11 is 0. The number of aromatic hydroxyl groups is 1. The van der Waals surface area contributed by atoms with Gasteiger partial charge in [0.1, 0.15) is 5.75 Å². The zero-order valence-electron chi connectivity index (χ0n) is 8.59. The largest absolute Gasteiger partial charge is 0.505 e. The normalized spacial score (nSPS) is 9.86. The van der Waals surface area contributed by atoms with Crippen molar-refractivity contribution in [2.45, 2.75) is 13.8 Å². The van der Waals surface area contributed by atoms with Crippen molar-refractivity contribution >= 4 is 16.8 Å². The summed E-state index contributed by atoms with van der Waals surface area (Å²) in [5, 5.41) is 9.66. The maximum Gasteiger partial charge on any atom is 0.145 e. The number of phenols is 1. The molecule has 3 N–H and O–H groups in total. The van der Waals surface area contributed by atoms with Crippen molar-refractivity contribution in [3.05, 3.63) is 36.4 Å². The molecule has 0 radical (unpaired) electrons. The highest BCUT2D eigenvalue weighted by Crippen LogP contribution is 2.32. The van der Waals surface area contributed by atoms with Crippen LogP contribution in [-0.4, -0.2) is 5.11 Å². The summed E-state index contributed by atoms with van der Waals surface area (Å²) in [6.45, 7) is 11.3. The molecule has 0 atom stereocenters. The number of hydrogen-bond acceptors (Lipinski definition) is 2. The van der Waals surface area contributed by atoms with Crippen LogP contribution in [0.25, 0.3) is 11.1 Å². The van der Waals surface area contributed by atoms with Gasteiger partial charge in [-0.25, -0.2) is 0 Å². The summed E-state index contributed by atoms with van der Waals surface area (Å²) in [4.78, 5) is 0. The molecule has 0 bridgehead atoms. The second-order valence-electron chi connectivity index (χ2n) is 3.52. The molecule has 1 aromatic carbocycles. The summed E-state index contributed by atoms with van der Waals surface area (Å²) in [6.07, 6.45) is 0. The van der Waals surface area contributed by atoms with Gasteiger partial charge in [0.2, 0.25) is 0 Å². The van der Waals surface area contributed by atoms with Crippen molar-refractivity contribution in [2.24, 2.45) is 0 Å². The summed E-state index contributed by atoms with van der Waals surface area (Å²) < 4.78 is 0. The van der Waals surface area contributed by atoms with Gasteiger partial charge < -0.3 is 10.8 Å². The van der Waals surface area contributed by atoms with Gasteiger partial charge in [0, 0.05) is 5.56 Å². The summed E-state index contributed by atoms with van der Waals surface area (Å²) in [5.41, 5.74) is 9.35. The van der Waals surface area contributed by atoms with E-state index in [-0.39, 0.29) is 5.75 Å². The van der Waals surface area contributed by atoms with Crippen molar-refractivity contribution < 1.29 is 5.11 Å². The van der Waals surface area contributed by atoms with E-state index in [2.05, 4.69) is 13.2 Å². The van der Waals surface area contributed by atoms with Gasteiger partial charge in [-0.3, -0.25) is 0 Å². The highest BCUT2D eigenvalue weighted by atomic mass is 16.3. The maximum absolute atomic E-state index is 9.66. The predicted molar refractivity (Wildman–Crippen MR) is 61.9 cm³/mol. The first-order valence-electron chi connectivity index (χ1n) is 4.37. The van der Waals surface area contributed by atoms with Crippen LogP contribution in [-0.2, 0) is 0 Å². The van der Waals surface area contributed by atoms with Crippen molar-refractivity contribution in [3.63, 3.8) is 0 Å². The average molecular weight is 189 g/mol. The van der Waals surface area contributed by atoms with Gasteiger partial charge in [-0.05, 0) is 37.1 Å². The molecule has 0 unspecified atom stereocenters. The predicted octanol–water partition coefficient (Wildman–Crippen LogP) is 3.04. The molecule has 0 saturated heterocycles. The highest BCUT2D eigenvalue weighted by molar-refractivity contribution is 5.78. The summed E-state index contributed by atoms with van der Waals surface area (Å²) in [7, 11) is 0. The molecule has 0 spiro atoms. The van der Waals surface area contributed by atoms with Gasteiger partial charge in [0.05, 0.1) is 5.69 Å². The van der Waals surface area contributed by atoms with E-state index in [1.54, 1.807) is 6.07 Å². The lowest BCUT2D eigenvalue weighted by Gasteiger charge is -2.10. The van der Waals surface area contributed by atoms with E-state index in [4.69, 9.17) is 5.73 Å². The maximum atomic E-state index is 9.66. The van der Waals surface area contributed by atoms with Crippen LogP contribution >= 0.6 is 0 Å². The lowest BCUT2D eigenvalue weighted by molar-refractivity contribution is 0.476. The monoisotopic (exact) mass is 189 g/mol. The van der Waals surface area contributed by atoms with E-state index in [1.807, 2.05) is 19.9 Å². The quantitative estimate of drug-likeness (QED) is 0.555. The minimum absolute atomic E-state index is 0.0995. The van der Waals surface area contributed by atoms with E-state index in [0.717, 1.165) is 16.7 Å². The molecule has 0 heterocycles. The van der Waals surface area contributed by atoms with E-state index in [1.165, 1.54) is 0 Å². The van der Waals surface area contributed by atoms with Crippen LogP contribution in [0.3, 0.4) is 0 Å². The van der Waals surface area contributed by atoms with E-state index < -0.39 is 0 Å². The van der Waals surface area contributed by atoms with Crippen molar-refractivity contribution in [1.29, 1.82) is 0 Å². The first-order chi connectivity index (χ1) is 6.43. The number of nitrogen functional groups attached to an aromatic ring is 1. The second-order valence-corrected chi connectivity index (χ2v) is 3.52. The van der Waals surface area contributed by atoms with Gasteiger partial charge >= 0.3 is 0 Å². The van der Waals surface area contributed by atoms with Crippen LogP contribution < -0.4 is 5.73 Å². The average Bonchev–Trinajstić information content (AvgIpc) is 2.08. The molecule has 0 aromatic heterocycles. The molecule has 0 aliphatic carbocycles. The first kappa shape index (κ1) is 10.4. The minimum atomic E-state index is 0.0995. The molecule has 0 aliphatic rings. The Kier molecular flexibility index (Phi) is 2.65. The van der Waals surface area contributed by atoms with E-state index >= 15 is 0 Å². The third-order valence-electron chi connectivity index (χ3n) is 2.09. The Morgan fingerprint density at radius 3 is 2.21 bits per heavy atom. The van der Waals surface area contributed by atoms with E-state index in [0.29, 0.717) is 11.3 Å². The molecule has 74 valence electrons. The fraction of sp³-hybridized carbons (Fsp3) is 0.167. The number of hydrogen-bond donors (Lipinski definition) is 2. The van der Waals surface area contributed by atoms with Crippen LogP contribution in [0.1, 0.15) is 25.0 Å². The van der Waals surface area contributed by atoms with Crippen molar-refractivity contribution in [2.75, 3.05) is 5.73 Å². The highest BCUT2D eigenvalue weighted by Gasteiger charge is 2.08. The van der Waals surface area contributed by atoms with Gasteiger partial charge in [-0.1, -0.05) is 18.7 Å². The van der Waals surface area contributed by atoms with Crippen LogP contribution in [0.4, 0.5) is 5.69 Å². The van der Waals surface area contributed by atoms with Crippen LogP contribution in [0.15, 0.2) is 25.3 Å². The lowest BCUT2D eigenvalue weighted by atomic mass is 10.00. The van der Waals surface area contributed by atoms with Gasteiger partial charge in [0.25, 0.3) is 0 Å². The van der Waals surface area contributed by atoms with Gasteiger partial charge in [-0.2, -0.15) is 0 Å². The summed E-state index contributed by atoms with van der Waals surface area (Å²) in [5.74, 6) is 0.0995. The minimum Gasteiger partial charge on any atom is -0.505 e. The molecule has 2 heteroatoms. The summed E-state index contributed by atoms with van der Waals surface area (Å²) in [6, 6.07) is 3.56. The Morgan fingerprint density at radius 2 is 1.79 bits per heavy atom. The van der Waals surface area contributed by atoms with Crippen molar-refractivity contribution in [3.8, 4) is 5.75 Å². The van der Waals surface area contributed by atoms with Crippen LogP contribution in [0.5, 0.6) is 5.75 Å².